The highest BCUT2D eigenvalue weighted by molar-refractivity contribution is 7.20. The van der Waals surface area contributed by atoms with Crippen molar-refractivity contribution in [2.75, 3.05) is 31.0 Å². The molecule has 2 aromatic heterocycles. The summed E-state index contributed by atoms with van der Waals surface area (Å²) in [7, 11) is 3.16. The van der Waals surface area contributed by atoms with Crippen LogP contribution in [0, 0.1) is 6.92 Å². The fraction of sp³-hybridized carbons (Fsp3) is 0.409. The molecule has 1 aliphatic heterocycles. The Balaban J connectivity index is 1.71. The number of amides is 1. The normalized spacial score (nSPS) is 16.5. The molecule has 30 heavy (non-hydrogen) atoms. The van der Waals surface area contributed by atoms with Crippen LogP contribution in [0.25, 0.3) is 10.2 Å². The molecule has 4 rings (SSSR count). The largest absolute Gasteiger partial charge is 0.497 e. The highest BCUT2D eigenvalue weighted by Crippen LogP contribution is 2.38. The average molecular weight is 427 g/mol. The Bertz CT molecular complexity index is 1080. The summed E-state index contributed by atoms with van der Waals surface area (Å²) in [5.41, 5.74) is 1.47. The summed E-state index contributed by atoms with van der Waals surface area (Å²) >= 11 is 1.39. The van der Waals surface area contributed by atoms with Crippen molar-refractivity contribution < 1.29 is 14.3 Å². The average Bonchev–Trinajstić information content (AvgIpc) is 3.11. The molecule has 0 saturated carbocycles. The van der Waals surface area contributed by atoms with Crippen molar-refractivity contribution in [1.29, 1.82) is 0 Å². The van der Waals surface area contributed by atoms with E-state index in [-0.39, 0.29) is 5.91 Å². The van der Waals surface area contributed by atoms with Crippen LogP contribution in [0.1, 0.15) is 41.4 Å². The molecule has 1 aromatic carbocycles. The number of methoxy groups -OCH3 is 2. The number of rotatable bonds is 5. The van der Waals surface area contributed by atoms with Gasteiger partial charge in [0.1, 0.15) is 28.5 Å². The third kappa shape index (κ3) is 3.67. The lowest BCUT2D eigenvalue weighted by Crippen LogP contribution is -2.38. The summed E-state index contributed by atoms with van der Waals surface area (Å²) in [4.78, 5) is 26.0. The minimum atomic E-state index is -0.195. The third-order valence-corrected chi connectivity index (χ3v) is 6.84. The topological polar surface area (TPSA) is 76.6 Å². The third-order valence-electron chi connectivity index (χ3n) is 5.64. The van der Waals surface area contributed by atoms with Crippen molar-refractivity contribution in [2.24, 2.45) is 0 Å². The Hall–Kier alpha value is -2.87. The van der Waals surface area contributed by atoms with Crippen molar-refractivity contribution in [2.45, 2.75) is 39.2 Å². The number of hydrogen-bond donors (Lipinski definition) is 1. The second kappa shape index (κ2) is 8.47. The molecule has 0 radical (unpaired) electrons. The Labute approximate surface area is 180 Å². The molecule has 0 aliphatic carbocycles. The van der Waals surface area contributed by atoms with Gasteiger partial charge in [-0.2, -0.15) is 0 Å². The number of aromatic nitrogens is 2. The molecule has 1 atom stereocenters. The lowest BCUT2D eigenvalue weighted by Gasteiger charge is -2.34. The molecule has 3 heterocycles. The number of anilines is 2. The Morgan fingerprint density at radius 2 is 2.07 bits per heavy atom. The SMILES string of the molecule is COc1ccc(OC)c(NC(=O)c2sc3ncnc(N4CCCC[C@@H]4C)c3c2C)c1. The first-order valence-corrected chi connectivity index (χ1v) is 10.9. The lowest BCUT2D eigenvalue weighted by molar-refractivity contribution is 0.102. The Kier molecular flexibility index (Phi) is 5.76. The number of nitrogens with zero attached hydrogens (tertiary/aromatic N) is 3. The van der Waals surface area contributed by atoms with Crippen LogP contribution in [0.3, 0.4) is 0 Å². The molecule has 1 fully saturated rings. The van der Waals surface area contributed by atoms with Gasteiger partial charge in [0.2, 0.25) is 0 Å². The molecule has 3 aromatic rings. The van der Waals surface area contributed by atoms with Gasteiger partial charge in [0.15, 0.2) is 0 Å². The molecule has 1 N–H and O–H groups in total. The minimum Gasteiger partial charge on any atom is -0.497 e. The molecule has 7 nitrogen and oxygen atoms in total. The number of fused-ring (bicyclic) bond motifs is 1. The zero-order chi connectivity index (χ0) is 21.3. The van der Waals surface area contributed by atoms with E-state index in [0.717, 1.165) is 41.0 Å². The van der Waals surface area contributed by atoms with Crippen LogP contribution in [0.4, 0.5) is 11.5 Å². The summed E-state index contributed by atoms with van der Waals surface area (Å²) in [5, 5.41) is 3.94. The molecule has 158 valence electrons. The van der Waals surface area contributed by atoms with Gasteiger partial charge in [-0.25, -0.2) is 9.97 Å². The van der Waals surface area contributed by atoms with Crippen molar-refractivity contribution in [3.8, 4) is 11.5 Å². The van der Waals surface area contributed by atoms with Gasteiger partial charge in [-0.15, -0.1) is 11.3 Å². The first kappa shape index (κ1) is 20.4. The number of carbonyl (C=O) groups is 1. The summed E-state index contributed by atoms with van der Waals surface area (Å²) in [6.07, 6.45) is 5.14. The molecule has 1 saturated heterocycles. The second-order valence-electron chi connectivity index (χ2n) is 7.49. The number of thiophene rings is 1. The Morgan fingerprint density at radius 1 is 1.23 bits per heavy atom. The number of ether oxygens (including phenoxy) is 2. The summed E-state index contributed by atoms with van der Waals surface area (Å²) in [5.74, 6) is 1.95. The van der Waals surface area contributed by atoms with Gasteiger partial charge in [0.25, 0.3) is 5.91 Å². The predicted molar refractivity (Wildman–Crippen MR) is 120 cm³/mol. The van der Waals surface area contributed by atoms with Gasteiger partial charge in [0.05, 0.1) is 30.2 Å². The zero-order valence-corrected chi connectivity index (χ0v) is 18.5. The fourth-order valence-electron chi connectivity index (χ4n) is 3.99. The predicted octanol–water partition coefficient (Wildman–Crippen LogP) is 4.65. The number of benzene rings is 1. The van der Waals surface area contributed by atoms with Crippen molar-refractivity contribution in [1.82, 2.24) is 9.97 Å². The Morgan fingerprint density at radius 3 is 2.80 bits per heavy atom. The van der Waals surface area contributed by atoms with E-state index >= 15 is 0 Å². The molecular formula is C22H26N4O3S. The van der Waals surface area contributed by atoms with Crippen molar-refractivity contribution >= 4 is 39.0 Å². The molecular weight excluding hydrogens is 400 g/mol. The van der Waals surface area contributed by atoms with Crippen LogP contribution < -0.4 is 19.7 Å². The van der Waals surface area contributed by atoms with Gasteiger partial charge >= 0.3 is 0 Å². The van der Waals surface area contributed by atoms with E-state index in [1.165, 1.54) is 17.8 Å². The number of aryl methyl sites for hydroxylation is 1. The number of nitrogens with one attached hydrogen (secondary N) is 1. The summed E-state index contributed by atoms with van der Waals surface area (Å²) in [6, 6.07) is 5.74. The monoisotopic (exact) mass is 426 g/mol. The van der Waals surface area contributed by atoms with E-state index in [1.54, 1.807) is 38.7 Å². The number of hydrogen-bond acceptors (Lipinski definition) is 7. The maximum absolute atomic E-state index is 13.2. The first-order chi connectivity index (χ1) is 14.5. The summed E-state index contributed by atoms with van der Waals surface area (Å²) < 4.78 is 10.7. The van der Waals surface area contributed by atoms with Gasteiger partial charge in [-0.05, 0) is 50.8 Å². The van der Waals surface area contributed by atoms with Gasteiger partial charge in [-0.3, -0.25) is 4.79 Å². The minimum absolute atomic E-state index is 0.195. The zero-order valence-electron chi connectivity index (χ0n) is 17.7. The molecule has 0 unspecified atom stereocenters. The van der Waals surface area contributed by atoms with Crippen molar-refractivity contribution in [3.05, 3.63) is 35.0 Å². The number of piperidine rings is 1. The van der Waals surface area contributed by atoms with E-state index in [9.17, 15) is 4.79 Å². The van der Waals surface area contributed by atoms with Crippen LogP contribution in [-0.2, 0) is 0 Å². The summed E-state index contributed by atoms with van der Waals surface area (Å²) in [6.45, 7) is 5.18. The molecule has 8 heteroatoms. The van der Waals surface area contributed by atoms with E-state index in [0.29, 0.717) is 28.1 Å². The fourth-order valence-corrected chi connectivity index (χ4v) is 5.03. The highest BCUT2D eigenvalue weighted by Gasteiger charge is 2.26. The maximum Gasteiger partial charge on any atom is 0.266 e. The van der Waals surface area contributed by atoms with Gasteiger partial charge in [-0.1, -0.05) is 0 Å². The van der Waals surface area contributed by atoms with E-state index < -0.39 is 0 Å². The van der Waals surface area contributed by atoms with Gasteiger partial charge < -0.3 is 19.7 Å². The van der Waals surface area contributed by atoms with Crippen molar-refractivity contribution in [3.63, 3.8) is 0 Å². The van der Waals surface area contributed by atoms with Crippen LogP contribution in [0.15, 0.2) is 24.5 Å². The quantitative estimate of drug-likeness (QED) is 0.640. The van der Waals surface area contributed by atoms with Crippen LogP contribution >= 0.6 is 11.3 Å². The first-order valence-electron chi connectivity index (χ1n) is 10.1. The molecule has 1 amide bonds. The molecule has 0 bridgehead atoms. The van der Waals surface area contributed by atoms with E-state index in [2.05, 4.69) is 27.1 Å². The van der Waals surface area contributed by atoms with Gasteiger partial charge in [0, 0.05) is 18.7 Å². The van der Waals surface area contributed by atoms with Crippen LogP contribution in [0.2, 0.25) is 0 Å². The van der Waals surface area contributed by atoms with Crippen LogP contribution in [-0.4, -0.2) is 42.7 Å². The lowest BCUT2D eigenvalue weighted by atomic mass is 10.0. The smallest absolute Gasteiger partial charge is 0.266 e. The second-order valence-corrected chi connectivity index (χ2v) is 8.49. The van der Waals surface area contributed by atoms with E-state index in [4.69, 9.17) is 9.47 Å². The highest BCUT2D eigenvalue weighted by atomic mass is 32.1. The maximum atomic E-state index is 13.2. The number of carbonyl (C=O) groups excluding carboxylic acids is 1. The molecule has 1 aliphatic rings. The standard InChI is InChI=1S/C22H26N4O3S/c1-13-7-5-6-10-26(13)20-18-14(2)19(30-22(18)24-12-23-20)21(27)25-16-11-15(28-3)8-9-17(16)29-4/h8-9,11-13H,5-7,10H2,1-4H3,(H,25,27)/t13-/m0/s1. The van der Waals surface area contributed by atoms with E-state index in [1.807, 2.05) is 6.92 Å². The molecule has 0 spiro atoms. The van der Waals surface area contributed by atoms with Crippen LogP contribution in [0.5, 0.6) is 11.5 Å².